The topological polar surface area (TPSA) is 67.6 Å². The van der Waals surface area contributed by atoms with Crippen molar-refractivity contribution >= 4 is 17.3 Å². The molecule has 1 saturated heterocycles. The maximum atomic E-state index is 12.1. The van der Waals surface area contributed by atoms with Crippen molar-refractivity contribution in [3.63, 3.8) is 0 Å². The zero-order valence-corrected chi connectivity index (χ0v) is 12.1. The number of nitrogens with two attached hydrogens (primary N) is 1. The normalized spacial score (nSPS) is 17.1. The van der Waals surface area contributed by atoms with Gasteiger partial charge in [0.05, 0.1) is 30.6 Å². The number of para-hydroxylation sites is 2. The van der Waals surface area contributed by atoms with Gasteiger partial charge in [-0.05, 0) is 18.1 Å². The number of hydrogen-bond donors (Lipinski definition) is 2. The molecule has 5 nitrogen and oxygen atoms in total. The van der Waals surface area contributed by atoms with Crippen LogP contribution in [0, 0.1) is 5.92 Å². The summed E-state index contributed by atoms with van der Waals surface area (Å²) in [5.41, 5.74) is 7.73. The summed E-state index contributed by atoms with van der Waals surface area (Å²) in [5.74, 6) is -0.0220. The highest BCUT2D eigenvalue weighted by atomic mass is 16.5. The molecule has 1 aliphatic heterocycles. The minimum absolute atomic E-state index is 0.116. The first kappa shape index (κ1) is 14.8. The van der Waals surface area contributed by atoms with Gasteiger partial charge in [0.2, 0.25) is 5.91 Å². The highest BCUT2D eigenvalue weighted by Crippen LogP contribution is 2.26. The molecular weight excluding hydrogens is 254 g/mol. The molecule has 0 aromatic heterocycles. The van der Waals surface area contributed by atoms with Gasteiger partial charge >= 0.3 is 0 Å². The minimum atomic E-state index is -0.493. The van der Waals surface area contributed by atoms with E-state index in [9.17, 15) is 4.79 Å². The van der Waals surface area contributed by atoms with Crippen LogP contribution in [0.2, 0.25) is 0 Å². The third-order valence-electron chi connectivity index (χ3n) is 3.53. The summed E-state index contributed by atoms with van der Waals surface area (Å²) in [7, 11) is 0. The second-order valence-electron chi connectivity index (χ2n) is 5.38. The lowest BCUT2D eigenvalue weighted by Gasteiger charge is -2.30. The Morgan fingerprint density at radius 1 is 1.30 bits per heavy atom. The number of carbonyl (C=O) groups excluding carboxylic acids is 1. The van der Waals surface area contributed by atoms with Crippen molar-refractivity contribution in [3.05, 3.63) is 24.3 Å². The molecule has 1 fully saturated rings. The molecule has 0 radical (unpaired) electrons. The lowest BCUT2D eigenvalue weighted by molar-refractivity contribution is -0.118. The van der Waals surface area contributed by atoms with Crippen LogP contribution in [0.4, 0.5) is 11.4 Å². The van der Waals surface area contributed by atoms with Gasteiger partial charge in [-0.25, -0.2) is 0 Å². The Balaban J connectivity index is 2.13. The van der Waals surface area contributed by atoms with E-state index in [-0.39, 0.29) is 11.8 Å². The van der Waals surface area contributed by atoms with Gasteiger partial charge in [0, 0.05) is 13.1 Å². The van der Waals surface area contributed by atoms with Crippen LogP contribution in [0.3, 0.4) is 0 Å². The molecule has 0 bridgehead atoms. The number of nitrogens with one attached hydrogen (secondary N) is 1. The van der Waals surface area contributed by atoms with Crippen LogP contribution in [-0.2, 0) is 9.53 Å². The van der Waals surface area contributed by atoms with Gasteiger partial charge in [0.15, 0.2) is 0 Å². The largest absolute Gasteiger partial charge is 0.378 e. The summed E-state index contributed by atoms with van der Waals surface area (Å²) in [6.07, 6.45) is 0. The Kier molecular flexibility index (Phi) is 4.98. The first-order valence-corrected chi connectivity index (χ1v) is 7.07. The van der Waals surface area contributed by atoms with E-state index in [1.54, 1.807) is 0 Å². The fraction of sp³-hybridized carbons (Fsp3) is 0.533. The molecule has 5 heteroatoms. The zero-order valence-electron chi connectivity index (χ0n) is 12.1. The highest BCUT2D eigenvalue weighted by molar-refractivity contribution is 5.97. The predicted molar refractivity (Wildman–Crippen MR) is 80.9 cm³/mol. The molecule has 3 N–H and O–H groups in total. The number of anilines is 2. The first-order chi connectivity index (χ1) is 9.59. The van der Waals surface area contributed by atoms with Crippen molar-refractivity contribution in [1.29, 1.82) is 0 Å². The van der Waals surface area contributed by atoms with Crippen LogP contribution in [0.5, 0.6) is 0 Å². The third kappa shape index (κ3) is 3.49. The van der Waals surface area contributed by atoms with Crippen molar-refractivity contribution in [2.75, 3.05) is 36.5 Å². The average Bonchev–Trinajstić information content (AvgIpc) is 2.47. The fourth-order valence-corrected chi connectivity index (χ4v) is 2.18. The maximum Gasteiger partial charge on any atom is 0.241 e. The fourth-order valence-electron chi connectivity index (χ4n) is 2.18. The molecular formula is C15H23N3O2. The van der Waals surface area contributed by atoms with Crippen molar-refractivity contribution in [2.24, 2.45) is 11.7 Å². The molecule has 1 atom stereocenters. The van der Waals surface area contributed by atoms with Gasteiger partial charge in [0.25, 0.3) is 0 Å². The standard InChI is InChI=1S/C15H23N3O2/c1-11(2)14(16)15(19)17-12-5-3-4-6-13(12)18-7-9-20-10-8-18/h3-6,11,14H,7-10,16H2,1-2H3,(H,17,19). The monoisotopic (exact) mass is 277 g/mol. The second kappa shape index (κ2) is 6.72. The summed E-state index contributed by atoms with van der Waals surface area (Å²) < 4.78 is 5.36. The number of hydrogen-bond acceptors (Lipinski definition) is 4. The first-order valence-electron chi connectivity index (χ1n) is 7.07. The van der Waals surface area contributed by atoms with Crippen LogP contribution < -0.4 is 16.0 Å². The number of amides is 1. The Hall–Kier alpha value is -1.59. The van der Waals surface area contributed by atoms with E-state index in [1.807, 2.05) is 38.1 Å². The summed E-state index contributed by atoms with van der Waals surface area (Å²) in [6.45, 7) is 6.99. The molecule has 1 aromatic rings. The molecule has 0 aliphatic carbocycles. The molecule has 1 heterocycles. The van der Waals surface area contributed by atoms with Gasteiger partial charge < -0.3 is 20.7 Å². The van der Waals surface area contributed by atoms with E-state index in [0.29, 0.717) is 13.2 Å². The molecule has 0 spiro atoms. The van der Waals surface area contributed by atoms with Crippen LogP contribution in [0.15, 0.2) is 24.3 Å². The number of carbonyl (C=O) groups is 1. The van der Waals surface area contributed by atoms with E-state index in [2.05, 4.69) is 10.2 Å². The molecule has 20 heavy (non-hydrogen) atoms. The van der Waals surface area contributed by atoms with Crippen LogP contribution >= 0.6 is 0 Å². The van der Waals surface area contributed by atoms with Crippen LogP contribution in [0.25, 0.3) is 0 Å². The van der Waals surface area contributed by atoms with Crippen molar-refractivity contribution in [3.8, 4) is 0 Å². The quantitative estimate of drug-likeness (QED) is 0.874. The van der Waals surface area contributed by atoms with Crippen molar-refractivity contribution < 1.29 is 9.53 Å². The number of nitrogens with zero attached hydrogens (tertiary/aromatic N) is 1. The number of rotatable bonds is 4. The van der Waals surface area contributed by atoms with Gasteiger partial charge in [-0.1, -0.05) is 26.0 Å². The molecule has 2 rings (SSSR count). The minimum Gasteiger partial charge on any atom is -0.378 e. The van der Waals surface area contributed by atoms with E-state index in [0.717, 1.165) is 24.5 Å². The molecule has 1 unspecified atom stereocenters. The Labute approximate surface area is 120 Å². The van der Waals surface area contributed by atoms with Crippen LogP contribution in [0.1, 0.15) is 13.8 Å². The van der Waals surface area contributed by atoms with Crippen LogP contribution in [-0.4, -0.2) is 38.3 Å². The molecule has 1 amide bonds. The van der Waals surface area contributed by atoms with E-state index < -0.39 is 6.04 Å². The maximum absolute atomic E-state index is 12.1. The van der Waals surface area contributed by atoms with Gasteiger partial charge in [0.1, 0.15) is 0 Å². The number of morpholine rings is 1. The lowest BCUT2D eigenvalue weighted by atomic mass is 10.0. The van der Waals surface area contributed by atoms with Crippen molar-refractivity contribution in [2.45, 2.75) is 19.9 Å². The van der Waals surface area contributed by atoms with Gasteiger partial charge in [-0.2, -0.15) is 0 Å². The lowest BCUT2D eigenvalue weighted by Crippen LogP contribution is -2.41. The zero-order chi connectivity index (χ0) is 14.5. The summed E-state index contributed by atoms with van der Waals surface area (Å²) in [4.78, 5) is 14.3. The second-order valence-corrected chi connectivity index (χ2v) is 5.38. The Morgan fingerprint density at radius 2 is 1.95 bits per heavy atom. The summed E-state index contributed by atoms with van der Waals surface area (Å²) >= 11 is 0. The smallest absolute Gasteiger partial charge is 0.241 e. The summed E-state index contributed by atoms with van der Waals surface area (Å²) in [6, 6.07) is 7.33. The van der Waals surface area contributed by atoms with E-state index >= 15 is 0 Å². The Morgan fingerprint density at radius 3 is 2.60 bits per heavy atom. The third-order valence-corrected chi connectivity index (χ3v) is 3.53. The predicted octanol–water partition coefficient (Wildman–Crippen LogP) is 1.44. The number of ether oxygens (including phenoxy) is 1. The van der Waals surface area contributed by atoms with Gasteiger partial charge in [-0.3, -0.25) is 4.79 Å². The molecule has 110 valence electrons. The van der Waals surface area contributed by atoms with E-state index in [1.165, 1.54) is 0 Å². The Bertz CT molecular complexity index is 456. The molecule has 1 aliphatic rings. The summed E-state index contributed by atoms with van der Waals surface area (Å²) in [5, 5.41) is 2.94. The highest BCUT2D eigenvalue weighted by Gasteiger charge is 2.20. The average molecular weight is 277 g/mol. The van der Waals surface area contributed by atoms with Crippen molar-refractivity contribution in [1.82, 2.24) is 0 Å². The SMILES string of the molecule is CC(C)C(N)C(=O)Nc1ccccc1N1CCOCC1. The van der Waals surface area contributed by atoms with E-state index in [4.69, 9.17) is 10.5 Å². The number of benzene rings is 1. The van der Waals surface area contributed by atoms with Gasteiger partial charge in [-0.15, -0.1) is 0 Å². The molecule has 1 aromatic carbocycles. The molecule has 0 saturated carbocycles.